The van der Waals surface area contributed by atoms with E-state index >= 15 is 0 Å². The Morgan fingerprint density at radius 2 is 1.06 bits per heavy atom. The Bertz CT molecular complexity index is 3620. The number of hydrogen-bond donors (Lipinski definition) is 0. The zero-order valence-corrected chi connectivity index (χ0v) is 24.4. The topological polar surface area (TPSA) is 13.1 Å². The third kappa shape index (κ3) is 3.90. The van der Waals surface area contributed by atoms with E-state index in [0.717, 1.165) is 27.1 Å². The molecule has 10 aromatic rings. The Morgan fingerprint density at radius 3 is 1.87 bits per heavy atom. The van der Waals surface area contributed by atoms with Gasteiger partial charge in [0.2, 0.25) is 0 Å². The van der Waals surface area contributed by atoms with Gasteiger partial charge in [0.1, 0.15) is 11.2 Å². The van der Waals surface area contributed by atoms with Crippen molar-refractivity contribution < 1.29 is 25.0 Å². The van der Waals surface area contributed by atoms with Gasteiger partial charge in [-0.05, 0) is 89.3 Å². The Morgan fingerprint density at radius 1 is 0.404 bits per heavy atom. The van der Waals surface area contributed by atoms with Gasteiger partial charge in [0.25, 0.3) is 0 Å². The smallest absolute Gasteiger partial charge is 0.143 e. The molecular weight excluding hydrogens is 569 g/mol. The first kappa shape index (κ1) is 15.4. The maximum absolute atomic E-state index is 9.43. The molecule has 9 aromatic carbocycles. The highest BCUT2D eigenvalue weighted by molar-refractivity contribution is 6.24. The van der Waals surface area contributed by atoms with Crippen molar-refractivity contribution in [1.82, 2.24) is 0 Å². The molecule has 0 atom stereocenters. The van der Waals surface area contributed by atoms with E-state index in [2.05, 4.69) is 0 Å². The van der Waals surface area contributed by atoms with E-state index in [0.29, 0.717) is 22.3 Å². The average molecular weight is 612 g/mol. The van der Waals surface area contributed by atoms with Crippen molar-refractivity contribution in [3.05, 3.63) is 169 Å². The molecule has 0 radical (unpaired) electrons. The molecule has 0 saturated heterocycles. The maximum atomic E-state index is 9.43. The van der Waals surface area contributed by atoms with E-state index in [1.807, 2.05) is 60.7 Å². The highest BCUT2D eigenvalue weighted by atomic mass is 16.3. The summed E-state index contributed by atoms with van der Waals surface area (Å²) in [5.74, 6) is 0. The van der Waals surface area contributed by atoms with Gasteiger partial charge in [0.05, 0.1) is 20.6 Å². The van der Waals surface area contributed by atoms with Crippen LogP contribution in [0.5, 0.6) is 0 Å². The van der Waals surface area contributed by atoms with E-state index < -0.39 is 107 Å². The Kier molecular flexibility index (Phi) is 3.33. The zero-order chi connectivity index (χ0) is 44.0. The molecule has 0 aliphatic rings. The van der Waals surface area contributed by atoms with E-state index in [1.54, 1.807) is 18.2 Å². The van der Waals surface area contributed by atoms with Crippen LogP contribution in [0.4, 0.5) is 0 Å². The summed E-state index contributed by atoms with van der Waals surface area (Å²) in [7, 11) is 0. The molecule has 1 nitrogen and oxygen atoms in total. The molecule has 0 fully saturated rings. The first-order chi connectivity index (χ1) is 29.6. The lowest BCUT2D eigenvalue weighted by atomic mass is 9.84. The second-order valence-corrected chi connectivity index (χ2v) is 11.3. The summed E-state index contributed by atoms with van der Waals surface area (Å²) in [6, 6.07) is 14.3. The molecule has 0 aliphatic heterocycles. The third-order valence-electron chi connectivity index (χ3n) is 8.79. The highest BCUT2D eigenvalue weighted by Gasteiger charge is 2.19. The summed E-state index contributed by atoms with van der Waals surface area (Å²) in [6.07, 6.45) is 0. The monoisotopic (exact) mass is 611 g/mol. The van der Waals surface area contributed by atoms with Crippen molar-refractivity contribution in [2.75, 3.05) is 0 Å². The van der Waals surface area contributed by atoms with Gasteiger partial charge in [0, 0.05) is 16.2 Å². The van der Waals surface area contributed by atoms with Crippen LogP contribution in [-0.4, -0.2) is 0 Å². The SMILES string of the molecule is [2H]c1c([2H])c([2H])c2c(-c3c4c([2H])c([2H])c([2H])c([2H])c4c(-c4cccc(-c5cccc6oc7c8ccccc8ccc7c56)c4)c4c([2H])c([2H])c([2H])c([2H])c34)c([2H])c([2H])c([2H])c2c1[2H]. The molecule has 0 unspecified atom stereocenters. The fourth-order valence-corrected chi connectivity index (χ4v) is 6.80. The van der Waals surface area contributed by atoms with Crippen molar-refractivity contribution in [3.8, 4) is 33.4 Å². The molecule has 0 spiro atoms. The lowest BCUT2D eigenvalue weighted by Gasteiger charge is -2.19. The van der Waals surface area contributed by atoms with Crippen LogP contribution in [0.25, 0.3) is 98.4 Å². The fourth-order valence-electron chi connectivity index (χ4n) is 6.80. The molecule has 0 amide bonds. The predicted octanol–water partition coefficient (Wildman–Crippen LogP) is 13.2. The molecule has 218 valence electrons. The quantitative estimate of drug-likeness (QED) is 0.181. The number of rotatable bonds is 3. The normalized spacial score (nSPS) is 16.3. The summed E-state index contributed by atoms with van der Waals surface area (Å²) >= 11 is 0. The van der Waals surface area contributed by atoms with Gasteiger partial charge in [-0.25, -0.2) is 0 Å². The molecule has 10 rings (SSSR count). The van der Waals surface area contributed by atoms with E-state index in [9.17, 15) is 6.85 Å². The molecule has 1 heterocycles. The van der Waals surface area contributed by atoms with Crippen LogP contribution in [0, 0.1) is 0 Å². The molecule has 0 aliphatic carbocycles. The largest absolute Gasteiger partial charge is 0.455 e. The van der Waals surface area contributed by atoms with Gasteiger partial charge in [-0.1, -0.05) is 151 Å². The fraction of sp³-hybridized carbons (Fsp3) is 0. The van der Waals surface area contributed by atoms with E-state index in [4.69, 9.17) is 18.1 Å². The van der Waals surface area contributed by atoms with Crippen LogP contribution < -0.4 is 0 Å². The molecule has 0 N–H and O–H groups in total. The lowest BCUT2D eigenvalue weighted by molar-refractivity contribution is 0.673. The number of benzene rings is 9. The summed E-state index contributed by atoms with van der Waals surface area (Å²) in [5, 5.41) is 1.77. The second-order valence-electron chi connectivity index (χ2n) is 11.3. The van der Waals surface area contributed by atoms with Gasteiger partial charge >= 0.3 is 0 Å². The van der Waals surface area contributed by atoms with Crippen LogP contribution in [0.1, 0.15) is 20.6 Å². The third-order valence-corrected chi connectivity index (χ3v) is 8.79. The molecule has 47 heavy (non-hydrogen) atoms. The minimum absolute atomic E-state index is 0.0239. The zero-order valence-electron chi connectivity index (χ0n) is 39.4. The average Bonchev–Trinajstić information content (AvgIpc) is 3.68. The Labute approximate surface area is 293 Å². The van der Waals surface area contributed by atoms with Crippen LogP contribution in [0.3, 0.4) is 0 Å². The standard InChI is InChI=1S/C46H28O/c1-3-17-33-29(12-1)14-10-24-36(33)44-39-21-7-5-19-37(39)43(38-20-6-8-22-40(38)44)32-16-9-15-31(28-32)34-23-11-25-42-45(34)41-27-26-30-13-2-4-18-35(30)46(41)47-42/h1-28H/i1D,3D,5D,6D,7D,8D,10D,12D,14D,17D,19D,20D,21D,22D,24D. The summed E-state index contributed by atoms with van der Waals surface area (Å²) in [5.41, 5.74) is 2.26. The maximum Gasteiger partial charge on any atom is 0.143 e. The van der Waals surface area contributed by atoms with Crippen molar-refractivity contribution >= 4 is 65.0 Å². The van der Waals surface area contributed by atoms with Crippen LogP contribution in [0.2, 0.25) is 0 Å². The van der Waals surface area contributed by atoms with Gasteiger partial charge in [-0.3, -0.25) is 0 Å². The van der Waals surface area contributed by atoms with Gasteiger partial charge < -0.3 is 4.42 Å². The van der Waals surface area contributed by atoms with Gasteiger partial charge in [-0.2, -0.15) is 0 Å². The Hall–Kier alpha value is -6.18. The highest BCUT2D eigenvalue weighted by Crippen LogP contribution is 2.46. The van der Waals surface area contributed by atoms with Crippen LogP contribution >= 0.6 is 0 Å². The lowest BCUT2D eigenvalue weighted by Crippen LogP contribution is -1.92. The minimum atomic E-state index is -0.758. The van der Waals surface area contributed by atoms with Gasteiger partial charge in [0.15, 0.2) is 0 Å². The first-order valence-electron chi connectivity index (χ1n) is 22.5. The van der Waals surface area contributed by atoms with E-state index in [1.165, 1.54) is 0 Å². The molecule has 0 saturated carbocycles. The summed E-state index contributed by atoms with van der Waals surface area (Å²) in [6.45, 7) is 0. The molecule has 0 bridgehead atoms. The van der Waals surface area contributed by atoms with Crippen LogP contribution in [0.15, 0.2) is 174 Å². The predicted molar refractivity (Wildman–Crippen MR) is 200 cm³/mol. The van der Waals surface area contributed by atoms with Crippen LogP contribution in [-0.2, 0) is 0 Å². The summed E-state index contributed by atoms with van der Waals surface area (Å²) < 4.78 is 141. The Balaban J connectivity index is 1.42. The molecule has 1 heteroatoms. The number of furan rings is 1. The summed E-state index contributed by atoms with van der Waals surface area (Å²) in [4.78, 5) is 0. The molecule has 1 aromatic heterocycles. The first-order valence-corrected chi connectivity index (χ1v) is 15.0. The molecular formula is C46H28O. The van der Waals surface area contributed by atoms with Gasteiger partial charge in [-0.15, -0.1) is 0 Å². The number of hydrogen-bond acceptors (Lipinski definition) is 1. The van der Waals surface area contributed by atoms with Crippen molar-refractivity contribution in [2.24, 2.45) is 0 Å². The second kappa shape index (κ2) is 10.2. The minimum Gasteiger partial charge on any atom is -0.455 e. The number of fused-ring (bicyclic) bond motifs is 8. The van der Waals surface area contributed by atoms with Crippen molar-refractivity contribution in [2.45, 2.75) is 0 Å². The van der Waals surface area contributed by atoms with Crippen molar-refractivity contribution in [3.63, 3.8) is 0 Å². The van der Waals surface area contributed by atoms with E-state index in [-0.39, 0.29) is 32.7 Å². The van der Waals surface area contributed by atoms with Crippen molar-refractivity contribution in [1.29, 1.82) is 0 Å².